The third-order valence-corrected chi connectivity index (χ3v) is 7.47. The Morgan fingerprint density at radius 3 is 2.56 bits per heavy atom. The van der Waals surface area contributed by atoms with Crippen molar-refractivity contribution in [3.63, 3.8) is 0 Å². The molecule has 0 aliphatic carbocycles. The molecule has 7 nitrogen and oxygen atoms in total. The van der Waals surface area contributed by atoms with Gasteiger partial charge in [0.1, 0.15) is 10.6 Å². The highest BCUT2D eigenvalue weighted by atomic mass is 35.5. The number of carbonyl (C=O) groups is 2. The minimum atomic E-state index is -0.833. The first-order valence-corrected chi connectivity index (χ1v) is 11.9. The largest absolute Gasteiger partial charge is 0.466 e. The Balaban J connectivity index is 1.87. The van der Waals surface area contributed by atoms with Gasteiger partial charge in [0.05, 0.1) is 29.6 Å². The molecule has 1 amide bonds. The smallest absolute Gasteiger partial charge is 0.338 e. The molecule has 5 rings (SSSR count). The van der Waals surface area contributed by atoms with Crippen molar-refractivity contribution in [2.45, 2.75) is 19.9 Å². The number of halogens is 1. The zero-order valence-electron chi connectivity index (χ0n) is 18.7. The van der Waals surface area contributed by atoms with Gasteiger partial charge in [-0.2, -0.15) is 0 Å². The van der Waals surface area contributed by atoms with Crippen LogP contribution in [0, 0.1) is 0 Å². The van der Waals surface area contributed by atoms with Crippen LogP contribution in [0.2, 0.25) is 5.02 Å². The van der Waals surface area contributed by atoms with E-state index in [2.05, 4.69) is 4.99 Å². The van der Waals surface area contributed by atoms with Crippen molar-refractivity contribution in [1.29, 1.82) is 0 Å². The third kappa shape index (κ3) is 3.17. The van der Waals surface area contributed by atoms with Crippen molar-refractivity contribution < 1.29 is 14.3 Å². The van der Waals surface area contributed by atoms with Gasteiger partial charge in [0.25, 0.3) is 11.5 Å². The Hall–Kier alpha value is -3.49. The zero-order valence-corrected chi connectivity index (χ0v) is 20.2. The quantitative estimate of drug-likeness (QED) is 0.525. The van der Waals surface area contributed by atoms with Crippen LogP contribution in [0.1, 0.15) is 31.0 Å². The fraction of sp³-hybridized carbons (Fsp3) is 0.200. The number of carbonyl (C=O) groups excluding carboxylic acids is 2. The van der Waals surface area contributed by atoms with Crippen LogP contribution < -0.4 is 19.8 Å². The molecule has 0 radical (unpaired) electrons. The lowest BCUT2D eigenvalue weighted by Gasteiger charge is -2.25. The number of allylic oxidation sites excluding steroid dienone is 1. The minimum absolute atomic E-state index is 0.229. The molecule has 0 N–H and O–H groups in total. The highest BCUT2D eigenvalue weighted by Crippen LogP contribution is 2.36. The van der Waals surface area contributed by atoms with Gasteiger partial charge in [0.15, 0.2) is 4.80 Å². The van der Waals surface area contributed by atoms with Crippen LogP contribution in [-0.2, 0) is 14.3 Å². The summed E-state index contributed by atoms with van der Waals surface area (Å²) in [5.41, 5.74) is 2.65. The van der Waals surface area contributed by atoms with E-state index in [9.17, 15) is 14.4 Å². The van der Waals surface area contributed by atoms with Crippen LogP contribution in [0.3, 0.4) is 0 Å². The van der Waals surface area contributed by atoms with E-state index in [0.29, 0.717) is 38.8 Å². The van der Waals surface area contributed by atoms with Crippen LogP contribution in [-0.4, -0.2) is 30.1 Å². The molecule has 0 fully saturated rings. The normalized spacial score (nSPS) is 18.5. The van der Waals surface area contributed by atoms with Gasteiger partial charge in [0, 0.05) is 17.1 Å². The average Bonchev–Trinajstić information content (AvgIpc) is 3.30. The molecule has 0 bridgehead atoms. The van der Waals surface area contributed by atoms with Gasteiger partial charge >= 0.3 is 5.97 Å². The first kappa shape index (κ1) is 22.3. The van der Waals surface area contributed by atoms with Gasteiger partial charge in [0.2, 0.25) is 0 Å². The van der Waals surface area contributed by atoms with Gasteiger partial charge in [-0.05, 0) is 31.5 Å². The predicted octanol–water partition coefficient (Wildman–Crippen LogP) is 2.80. The van der Waals surface area contributed by atoms with E-state index in [1.54, 1.807) is 36.1 Å². The third-order valence-electron chi connectivity index (χ3n) is 6.07. The Morgan fingerprint density at radius 1 is 1.15 bits per heavy atom. The predicted molar refractivity (Wildman–Crippen MR) is 131 cm³/mol. The summed E-state index contributed by atoms with van der Waals surface area (Å²) in [6, 6.07) is 13.6. The molecular formula is C25H20ClN3O4S. The molecule has 9 heteroatoms. The van der Waals surface area contributed by atoms with E-state index in [-0.39, 0.29) is 16.0 Å². The van der Waals surface area contributed by atoms with Crippen LogP contribution in [0.5, 0.6) is 0 Å². The number of thiazole rings is 1. The molecule has 2 aliphatic heterocycles. The number of para-hydroxylation sites is 1. The average molecular weight is 494 g/mol. The summed E-state index contributed by atoms with van der Waals surface area (Å²) >= 11 is 7.65. The standard InChI is InChI=1S/C25H20ClN3O4S/c1-4-28-17-12-8-6-10-15(17)19(22(28)30)21-23(31)29-20(14-9-5-7-11-16(14)26)18(24(32)33-3)13(2)27-25(29)34-21/h5-12,20H,4H2,1-3H3/b21-19-/t20-/m1/s1. The summed E-state index contributed by atoms with van der Waals surface area (Å²) in [5.74, 6) is -0.823. The summed E-state index contributed by atoms with van der Waals surface area (Å²) in [7, 11) is 1.28. The highest BCUT2D eigenvalue weighted by Gasteiger charge is 2.37. The summed E-state index contributed by atoms with van der Waals surface area (Å²) in [5, 5.41) is 0.404. The molecule has 1 aromatic heterocycles. The van der Waals surface area contributed by atoms with E-state index >= 15 is 0 Å². The number of methoxy groups -OCH3 is 1. The molecule has 34 heavy (non-hydrogen) atoms. The number of rotatable bonds is 3. The first-order valence-electron chi connectivity index (χ1n) is 10.7. The number of likely N-dealkylation sites (N-methyl/N-ethyl adjacent to an activating group) is 1. The Morgan fingerprint density at radius 2 is 1.85 bits per heavy atom. The molecule has 2 aliphatic rings. The number of nitrogens with zero attached hydrogens (tertiary/aromatic N) is 3. The summed E-state index contributed by atoms with van der Waals surface area (Å²) in [6.45, 7) is 4.07. The Kier molecular flexibility index (Phi) is 5.50. The van der Waals surface area contributed by atoms with Gasteiger partial charge in [-0.3, -0.25) is 14.2 Å². The molecule has 2 aromatic carbocycles. The maximum Gasteiger partial charge on any atom is 0.338 e. The molecule has 0 saturated heterocycles. The second kappa shape index (κ2) is 8.38. The highest BCUT2D eigenvalue weighted by molar-refractivity contribution is 7.07. The number of aromatic nitrogens is 1. The van der Waals surface area contributed by atoms with Crippen molar-refractivity contribution in [3.05, 3.63) is 95.6 Å². The van der Waals surface area contributed by atoms with Crippen molar-refractivity contribution >= 4 is 46.1 Å². The van der Waals surface area contributed by atoms with Gasteiger partial charge in [-0.15, -0.1) is 0 Å². The summed E-state index contributed by atoms with van der Waals surface area (Å²) in [4.78, 5) is 46.7. The maximum absolute atomic E-state index is 13.9. The van der Waals surface area contributed by atoms with E-state index < -0.39 is 17.6 Å². The van der Waals surface area contributed by atoms with Gasteiger partial charge < -0.3 is 9.64 Å². The molecule has 0 spiro atoms. The van der Waals surface area contributed by atoms with Gasteiger partial charge in [-0.1, -0.05) is 59.3 Å². The van der Waals surface area contributed by atoms with E-state index in [1.165, 1.54) is 11.7 Å². The first-order chi connectivity index (χ1) is 16.4. The second-order valence-electron chi connectivity index (χ2n) is 7.86. The summed E-state index contributed by atoms with van der Waals surface area (Å²) < 4.78 is 6.75. The van der Waals surface area contributed by atoms with Crippen molar-refractivity contribution in [3.8, 4) is 0 Å². The Labute approximate surface area is 203 Å². The number of anilines is 1. The van der Waals surface area contributed by atoms with Crippen LogP contribution >= 0.6 is 22.9 Å². The lowest BCUT2D eigenvalue weighted by molar-refractivity contribution is -0.136. The van der Waals surface area contributed by atoms with Crippen molar-refractivity contribution in [1.82, 2.24) is 4.57 Å². The maximum atomic E-state index is 13.9. The molecule has 0 unspecified atom stereocenters. The van der Waals surface area contributed by atoms with E-state index in [4.69, 9.17) is 16.3 Å². The molecule has 172 valence electrons. The van der Waals surface area contributed by atoms with E-state index in [0.717, 1.165) is 17.0 Å². The van der Waals surface area contributed by atoms with Crippen molar-refractivity contribution in [2.24, 2.45) is 4.99 Å². The molecular weight excluding hydrogens is 474 g/mol. The molecule has 3 aromatic rings. The van der Waals surface area contributed by atoms with E-state index in [1.807, 2.05) is 31.2 Å². The van der Waals surface area contributed by atoms with Crippen LogP contribution in [0.15, 0.2) is 69.6 Å². The number of esters is 1. The molecule has 3 heterocycles. The fourth-order valence-corrected chi connectivity index (χ4v) is 5.92. The number of amides is 1. The topological polar surface area (TPSA) is 81.0 Å². The number of hydrogen-bond donors (Lipinski definition) is 0. The zero-order chi connectivity index (χ0) is 24.1. The lowest BCUT2D eigenvalue weighted by atomic mass is 9.96. The number of benzene rings is 2. The minimum Gasteiger partial charge on any atom is -0.466 e. The Bertz CT molecular complexity index is 1580. The molecule has 0 saturated carbocycles. The second-order valence-corrected chi connectivity index (χ2v) is 9.24. The number of fused-ring (bicyclic) bond motifs is 2. The molecule has 1 atom stereocenters. The van der Waals surface area contributed by atoms with Crippen LogP contribution in [0.25, 0.3) is 5.57 Å². The summed E-state index contributed by atoms with van der Waals surface area (Å²) in [6.07, 6.45) is 0. The SMILES string of the molecule is CCN1C(=O)/C(=c2\sc3n(c2=O)[C@H](c2ccccc2Cl)C(C(=O)OC)=C(C)N=3)c2ccccc21. The monoisotopic (exact) mass is 493 g/mol. The number of hydrogen-bond acceptors (Lipinski definition) is 6. The number of ether oxygens (including phenoxy) is 1. The van der Waals surface area contributed by atoms with Gasteiger partial charge in [-0.25, -0.2) is 9.79 Å². The fourth-order valence-electron chi connectivity index (χ4n) is 4.55. The lowest BCUT2D eigenvalue weighted by Crippen LogP contribution is -2.41. The van der Waals surface area contributed by atoms with Crippen LogP contribution in [0.4, 0.5) is 5.69 Å². The van der Waals surface area contributed by atoms with Crippen molar-refractivity contribution in [2.75, 3.05) is 18.6 Å².